The van der Waals surface area contributed by atoms with Gasteiger partial charge in [-0.15, -0.1) is 10.2 Å². The first-order valence-corrected chi connectivity index (χ1v) is 9.95. The molecule has 6 nitrogen and oxygen atoms in total. The van der Waals surface area contributed by atoms with Crippen LogP contribution in [0.4, 0.5) is 11.4 Å². The van der Waals surface area contributed by atoms with Crippen molar-refractivity contribution in [2.75, 3.05) is 14.1 Å². The summed E-state index contributed by atoms with van der Waals surface area (Å²) in [6.45, 7) is 4.14. The second-order valence-electron chi connectivity index (χ2n) is 7.62. The Morgan fingerprint density at radius 3 is 1.36 bits per heavy atom. The summed E-state index contributed by atoms with van der Waals surface area (Å²) in [5.74, 6) is 0. The fourth-order valence-corrected chi connectivity index (χ4v) is 3.56. The molecule has 0 amide bonds. The lowest BCUT2D eigenvalue weighted by Crippen LogP contribution is -2.47. The minimum atomic E-state index is 0.268. The number of rotatable bonds is 6. The molecule has 0 N–H and O–H groups in total. The highest BCUT2D eigenvalue weighted by atomic mass is 15.6. The van der Waals surface area contributed by atoms with Crippen molar-refractivity contribution in [1.82, 2.24) is 10.0 Å². The second-order valence-corrected chi connectivity index (χ2v) is 7.62. The molecular formula is C22H30N6. The van der Waals surface area contributed by atoms with Gasteiger partial charge in [-0.05, 0) is 51.0 Å². The molecule has 1 aliphatic carbocycles. The van der Waals surface area contributed by atoms with Crippen molar-refractivity contribution < 1.29 is 0 Å². The summed E-state index contributed by atoms with van der Waals surface area (Å²) >= 11 is 0. The quantitative estimate of drug-likeness (QED) is 0.445. The molecular weight excluding hydrogens is 348 g/mol. The largest absolute Gasteiger partial charge is 0.276 e. The highest BCUT2D eigenvalue weighted by molar-refractivity contribution is 5.38. The predicted molar refractivity (Wildman–Crippen MR) is 113 cm³/mol. The first-order valence-electron chi connectivity index (χ1n) is 9.95. The van der Waals surface area contributed by atoms with E-state index >= 15 is 0 Å². The Hall–Kier alpha value is -2.76. The second kappa shape index (κ2) is 9.44. The molecule has 1 saturated carbocycles. The molecule has 0 heterocycles. The number of benzene rings is 2. The number of hydrogen-bond donors (Lipinski definition) is 0. The first kappa shape index (κ1) is 20.0. The van der Waals surface area contributed by atoms with Gasteiger partial charge in [-0.1, -0.05) is 58.7 Å². The minimum absolute atomic E-state index is 0.268. The van der Waals surface area contributed by atoms with Gasteiger partial charge in [0.2, 0.25) is 0 Å². The maximum atomic E-state index is 4.47. The van der Waals surface area contributed by atoms with Crippen LogP contribution >= 0.6 is 0 Å². The third-order valence-corrected chi connectivity index (χ3v) is 5.32. The average Bonchev–Trinajstić information content (AvgIpc) is 2.72. The summed E-state index contributed by atoms with van der Waals surface area (Å²) in [4.78, 5) is 0. The summed E-state index contributed by atoms with van der Waals surface area (Å²) < 4.78 is 0. The smallest absolute Gasteiger partial charge is 0.0874 e. The minimum Gasteiger partial charge on any atom is -0.276 e. The van der Waals surface area contributed by atoms with Crippen LogP contribution in [0.1, 0.15) is 36.8 Å². The van der Waals surface area contributed by atoms with Crippen molar-refractivity contribution in [1.29, 1.82) is 0 Å². The lowest BCUT2D eigenvalue weighted by Gasteiger charge is -2.38. The number of hydrogen-bond acceptors (Lipinski definition) is 4. The van der Waals surface area contributed by atoms with Gasteiger partial charge in [0.15, 0.2) is 0 Å². The van der Waals surface area contributed by atoms with Gasteiger partial charge in [0, 0.05) is 14.1 Å². The summed E-state index contributed by atoms with van der Waals surface area (Å²) in [6, 6.07) is 16.7. The van der Waals surface area contributed by atoms with E-state index in [-0.39, 0.29) is 12.1 Å². The molecule has 148 valence electrons. The number of nitrogens with zero attached hydrogens (tertiary/aromatic N) is 6. The third-order valence-electron chi connectivity index (χ3n) is 5.32. The van der Waals surface area contributed by atoms with Gasteiger partial charge in [-0.3, -0.25) is 10.0 Å². The number of aryl methyl sites for hydroxylation is 2. The Morgan fingerprint density at radius 2 is 1.00 bits per heavy atom. The van der Waals surface area contributed by atoms with Gasteiger partial charge in [0.05, 0.1) is 23.5 Å². The van der Waals surface area contributed by atoms with Crippen LogP contribution in [0.25, 0.3) is 0 Å². The lowest BCUT2D eigenvalue weighted by molar-refractivity contribution is 0.0721. The summed E-state index contributed by atoms with van der Waals surface area (Å²) in [5, 5.41) is 21.7. The van der Waals surface area contributed by atoms with E-state index in [2.05, 4.69) is 58.8 Å². The Labute approximate surface area is 167 Å². The van der Waals surface area contributed by atoms with Gasteiger partial charge in [0.25, 0.3) is 0 Å². The van der Waals surface area contributed by atoms with Gasteiger partial charge in [-0.2, -0.15) is 0 Å². The fraction of sp³-hybridized carbons (Fsp3) is 0.455. The lowest BCUT2D eigenvalue weighted by atomic mass is 9.90. The predicted octanol–water partition coefficient (Wildman–Crippen LogP) is 6.18. The zero-order chi connectivity index (χ0) is 19.9. The van der Waals surface area contributed by atoms with Crippen LogP contribution in [0.5, 0.6) is 0 Å². The number of likely N-dealkylation sites (N-methyl/N-ethyl adjacent to an activating group) is 2. The van der Waals surface area contributed by atoms with Crippen LogP contribution in [0.3, 0.4) is 0 Å². The van der Waals surface area contributed by atoms with Crippen LogP contribution in [-0.4, -0.2) is 36.2 Å². The Kier molecular flexibility index (Phi) is 6.74. The van der Waals surface area contributed by atoms with E-state index in [0.29, 0.717) is 0 Å². The molecule has 6 heteroatoms. The third kappa shape index (κ3) is 5.38. The molecule has 0 bridgehead atoms. The normalized spacial score (nSPS) is 20.0. The van der Waals surface area contributed by atoms with E-state index in [9.17, 15) is 0 Å². The summed E-state index contributed by atoms with van der Waals surface area (Å²) in [5.41, 5.74) is 4.19. The van der Waals surface area contributed by atoms with Crippen molar-refractivity contribution in [2.45, 2.75) is 51.6 Å². The molecule has 2 unspecified atom stereocenters. The molecule has 1 aliphatic rings. The standard InChI is InChI=1S/C22H30N6/c1-17-9-13-19(14-10-17)23-25-27(3)21-7-5-6-8-22(21)28(4)26-24-20-15-11-18(2)12-16-20/h9-16,21-22H,5-8H2,1-4H3. The zero-order valence-corrected chi connectivity index (χ0v) is 17.3. The van der Waals surface area contributed by atoms with Crippen LogP contribution < -0.4 is 0 Å². The summed E-state index contributed by atoms with van der Waals surface area (Å²) in [7, 11) is 4.01. The molecule has 28 heavy (non-hydrogen) atoms. The monoisotopic (exact) mass is 378 g/mol. The highest BCUT2D eigenvalue weighted by Gasteiger charge is 2.31. The SMILES string of the molecule is Cc1ccc(N=NN(C)C2CCCCC2N(C)N=Nc2ccc(C)cc2)cc1. The molecule has 0 spiro atoms. The van der Waals surface area contributed by atoms with Gasteiger partial charge in [0.1, 0.15) is 0 Å². The van der Waals surface area contributed by atoms with Crippen LogP contribution in [0, 0.1) is 13.8 Å². The van der Waals surface area contributed by atoms with E-state index in [1.807, 2.05) is 48.4 Å². The highest BCUT2D eigenvalue weighted by Crippen LogP contribution is 2.27. The zero-order valence-electron chi connectivity index (χ0n) is 17.3. The Balaban J connectivity index is 1.66. The van der Waals surface area contributed by atoms with Crippen molar-refractivity contribution in [3.63, 3.8) is 0 Å². The van der Waals surface area contributed by atoms with Crippen molar-refractivity contribution in [2.24, 2.45) is 20.7 Å². The van der Waals surface area contributed by atoms with Crippen molar-refractivity contribution in [3.8, 4) is 0 Å². The summed E-state index contributed by atoms with van der Waals surface area (Å²) in [6.07, 6.45) is 4.57. The molecule has 0 saturated heterocycles. The average molecular weight is 379 g/mol. The maximum absolute atomic E-state index is 4.47. The molecule has 0 radical (unpaired) electrons. The van der Waals surface area contributed by atoms with Crippen LogP contribution in [-0.2, 0) is 0 Å². The van der Waals surface area contributed by atoms with Gasteiger partial charge < -0.3 is 0 Å². The molecule has 2 aromatic rings. The topological polar surface area (TPSA) is 55.9 Å². The molecule has 2 atom stereocenters. The van der Waals surface area contributed by atoms with E-state index < -0.39 is 0 Å². The van der Waals surface area contributed by atoms with Crippen molar-refractivity contribution in [3.05, 3.63) is 59.7 Å². The van der Waals surface area contributed by atoms with Crippen LogP contribution in [0.2, 0.25) is 0 Å². The molecule has 0 aromatic heterocycles. The van der Waals surface area contributed by atoms with E-state index in [0.717, 1.165) is 24.2 Å². The Bertz CT molecular complexity index is 727. The molecule has 3 rings (SSSR count). The van der Waals surface area contributed by atoms with Crippen molar-refractivity contribution >= 4 is 11.4 Å². The van der Waals surface area contributed by atoms with Gasteiger partial charge in [-0.25, -0.2) is 0 Å². The van der Waals surface area contributed by atoms with E-state index in [1.54, 1.807) is 0 Å². The van der Waals surface area contributed by atoms with Crippen LogP contribution in [0.15, 0.2) is 69.2 Å². The van der Waals surface area contributed by atoms with E-state index in [4.69, 9.17) is 0 Å². The molecule has 0 aliphatic heterocycles. The maximum Gasteiger partial charge on any atom is 0.0874 e. The van der Waals surface area contributed by atoms with E-state index in [1.165, 1.54) is 24.0 Å². The molecule has 1 fully saturated rings. The first-order chi connectivity index (χ1) is 13.5. The fourth-order valence-electron chi connectivity index (χ4n) is 3.56. The Morgan fingerprint density at radius 1 is 0.643 bits per heavy atom. The van der Waals surface area contributed by atoms with Gasteiger partial charge >= 0.3 is 0 Å². The molecule has 2 aromatic carbocycles.